The molecule has 15 heavy (non-hydrogen) atoms. The Hall–Kier alpha value is -1.55. The monoisotopic (exact) mass is 206 g/mol. The molecule has 4 nitrogen and oxygen atoms in total. The van der Waals surface area contributed by atoms with E-state index in [1.807, 2.05) is 12.1 Å². The molecule has 1 heterocycles. The van der Waals surface area contributed by atoms with Crippen molar-refractivity contribution in [2.24, 2.45) is 0 Å². The first kappa shape index (κ1) is 9.98. The van der Waals surface area contributed by atoms with Crippen molar-refractivity contribution in [3.05, 3.63) is 29.8 Å². The van der Waals surface area contributed by atoms with Crippen LogP contribution in [0.4, 0.5) is 0 Å². The van der Waals surface area contributed by atoms with E-state index in [4.69, 9.17) is 5.11 Å². The first-order valence-electron chi connectivity index (χ1n) is 5.05. The van der Waals surface area contributed by atoms with Gasteiger partial charge in [-0.05, 0) is 24.1 Å². The van der Waals surface area contributed by atoms with E-state index in [1.165, 1.54) is 0 Å². The molecule has 1 saturated heterocycles. The summed E-state index contributed by atoms with van der Waals surface area (Å²) in [6.07, 6.45) is 0.659. The van der Waals surface area contributed by atoms with Crippen LogP contribution >= 0.6 is 0 Å². The lowest BCUT2D eigenvalue weighted by atomic mass is 10.0. The van der Waals surface area contributed by atoms with Crippen LogP contribution in [0.3, 0.4) is 0 Å². The Balaban J connectivity index is 2.01. The summed E-state index contributed by atoms with van der Waals surface area (Å²) in [6.45, 7) is 1.51. The molecule has 1 fully saturated rings. The van der Waals surface area contributed by atoms with Gasteiger partial charge in [0.05, 0.1) is 6.04 Å². The molecule has 1 amide bonds. The number of carbonyl (C=O) groups excluding carboxylic acids is 1. The maximum absolute atomic E-state index is 11.4. The van der Waals surface area contributed by atoms with E-state index in [1.54, 1.807) is 12.1 Å². The smallest absolute Gasteiger partial charge is 0.237 e. The van der Waals surface area contributed by atoms with Gasteiger partial charge in [0.2, 0.25) is 5.91 Å². The predicted molar refractivity (Wildman–Crippen MR) is 56.6 cm³/mol. The number of nitrogens with one attached hydrogen (secondary N) is 2. The number of aromatic hydroxyl groups is 1. The fourth-order valence-electron chi connectivity index (χ4n) is 1.68. The van der Waals surface area contributed by atoms with Crippen LogP contribution in [0.5, 0.6) is 5.75 Å². The van der Waals surface area contributed by atoms with Crippen LogP contribution in [-0.4, -0.2) is 30.1 Å². The molecule has 0 saturated carbocycles. The summed E-state index contributed by atoms with van der Waals surface area (Å²) in [5.41, 5.74) is 1.04. The molecule has 80 valence electrons. The molecule has 4 heteroatoms. The van der Waals surface area contributed by atoms with E-state index in [0.29, 0.717) is 13.0 Å². The predicted octanol–water partition coefficient (Wildman–Crippen LogP) is 0.0227. The summed E-state index contributed by atoms with van der Waals surface area (Å²) in [5, 5.41) is 15.1. The van der Waals surface area contributed by atoms with Crippen LogP contribution in [0, 0.1) is 0 Å². The van der Waals surface area contributed by atoms with Crippen molar-refractivity contribution in [1.82, 2.24) is 10.6 Å². The van der Waals surface area contributed by atoms with Gasteiger partial charge in [0.15, 0.2) is 0 Å². The molecule has 0 radical (unpaired) electrons. The second kappa shape index (κ2) is 4.31. The van der Waals surface area contributed by atoms with E-state index in [2.05, 4.69) is 10.6 Å². The van der Waals surface area contributed by atoms with E-state index in [9.17, 15) is 4.79 Å². The number of hydrogen-bond acceptors (Lipinski definition) is 3. The van der Waals surface area contributed by atoms with E-state index in [0.717, 1.165) is 12.1 Å². The number of benzene rings is 1. The third kappa shape index (κ3) is 2.47. The van der Waals surface area contributed by atoms with Crippen LogP contribution in [0.1, 0.15) is 5.56 Å². The van der Waals surface area contributed by atoms with Crippen LogP contribution in [0.15, 0.2) is 24.3 Å². The lowest BCUT2D eigenvalue weighted by Gasteiger charge is -2.23. The fraction of sp³-hybridized carbons (Fsp3) is 0.364. The van der Waals surface area contributed by atoms with Crippen LogP contribution < -0.4 is 10.6 Å². The molecule has 0 aliphatic carbocycles. The topological polar surface area (TPSA) is 61.4 Å². The van der Waals surface area contributed by atoms with Crippen LogP contribution in [-0.2, 0) is 11.2 Å². The van der Waals surface area contributed by atoms with Crippen molar-refractivity contribution in [2.45, 2.75) is 12.5 Å². The van der Waals surface area contributed by atoms with Gasteiger partial charge >= 0.3 is 0 Å². The van der Waals surface area contributed by atoms with Crippen molar-refractivity contribution >= 4 is 5.91 Å². The first-order valence-corrected chi connectivity index (χ1v) is 5.05. The highest BCUT2D eigenvalue weighted by atomic mass is 16.3. The molecule has 1 aliphatic heterocycles. The SMILES string of the molecule is O=C1NCCN[C@H]1Cc1ccc(O)cc1. The zero-order valence-corrected chi connectivity index (χ0v) is 8.36. The van der Waals surface area contributed by atoms with Crippen LogP contribution in [0.2, 0.25) is 0 Å². The van der Waals surface area contributed by atoms with Gasteiger partial charge < -0.3 is 15.7 Å². The van der Waals surface area contributed by atoms with Crippen molar-refractivity contribution in [1.29, 1.82) is 0 Å². The Kier molecular flexibility index (Phi) is 2.87. The lowest BCUT2D eigenvalue weighted by molar-refractivity contribution is -0.124. The molecule has 0 aromatic heterocycles. The summed E-state index contributed by atoms with van der Waals surface area (Å²) in [6, 6.07) is 6.78. The molecular formula is C11H14N2O2. The molecule has 1 atom stereocenters. The number of amides is 1. The Bertz CT molecular complexity index is 348. The van der Waals surface area contributed by atoms with Gasteiger partial charge in [0.25, 0.3) is 0 Å². The maximum Gasteiger partial charge on any atom is 0.237 e. The minimum atomic E-state index is -0.150. The number of phenols is 1. The molecule has 1 aliphatic rings. The standard InChI is InChI=1S/C11H14N2O2/c14-9-3-1-8(2-4-9)7-10-11(15)13-6-5-12-10/h1-4,10,12,14H,5-7H2,(H,13,15)/t10-/m0/s1. The average molecular weight is 206 g/mol. The number of carbonyl (C=O) groups is 1. The van der Waals surface area contributed by atoms with Crippen molar-refractivity contribution in [2.75, 3.05) is 13.1 Å². The third-order valence-electron chi connectivity index (χ3n) is 2.51. The molecular weight excluding hydrogens is 192 g/mol. The highest BCUT2D eigenvalue weighted by Crippen LogP contribution is 2.11. The number of phenolic OH excluding ortho intramolecular Hbond substituents is 1. The molecule has 2 rings (SSSR count). The summed E-state index contributed by atoms with van der Waals surface area (Å²) in [4.78, 5) is 11.4. The summed E-state index contributed by atoms with van der Waals surface area (Å²) in [7, 11) is 0. The Morgan fingerprint density at radius 3 is 2.67 bits per heavy atom. The minimum absolute atomic E-state index is 0.0503. The summed E-state index contributed by atoms with van der Waals surface area (Å²) in [5.74, 6) is 0.300. The van der Waals surface area contributed by atoms with Gasteiger partial charge in [-0.3, -0.25) is 4.79 Å². The van der Waals surface area contributed by atoms with Gasteiger partial charge in [-0.15, -0.1) is 0 Å². The second-order valence-electron chi connectivity index (χ2n) is 3.67. The Labute approximate surface area is 88.3 Å². The van der Waals surface area contributed by atoms with E-state index >= 15 is 0 Å². The largest absolute Gasteiger partial charge is 0.508 e. The highest BCUT2D eigenvalue weighted by molar-refractivity contribution is 5.82. The Morgan fingerprint density at radius 1 is 1.27 bits per heavy atom. The van der Waals surface area contributed by atoms with Gasteiger partial charge in [0, 0.05) is 13.1 Å². The van der Waals surface area contributed by atoms with Gasteiger partial charge in [-0.1, -0.05) is 12.1 Å². The van der Waals surface area contributed by atoms with Crippen LogP contribution in [0.25, 0.3) is 0 Å². The molecule has 0 spiro atoms. The number of piperazine rings is 1. The number of hydrogen-bond donors (Lipinski definition) is 3. The first-order chi connectivity index (χ1) is 7.25. The lowest BCUT2D eigenvalue weighted by Crippen LogP contribution is -2.53. The summed E-state index contributed by atoms with van der Waals surface area (Å²) >= 11 is 0. The quantitative estimate of drug-likeness (QED) is 0.639. The molecule has 1 aromatic rings. The normalized spacial score (nSPS) is 21.1. The number of rotatable bonds is 2. The molecule has 0 bridgehead atoms. The second-order valence-corrected chi connectivity index (χ2v) is 3.67. The van der Waals surface area contributed by atoms with E-state index in [-0.39, 0.29) is 17.7 Å². The summed E-state index contributed by atoms with van der Waals surface area (Å²) < 4.78 is 0. The average Bonchev–Trinajstić information content (AvgIpc) is 2.25. The molecule has 0 unspecified atom stereocenters. The highest BCUT2D eigenvalue weighted by Gasteiger charge is 2.21. The maximum atomic E-state index is 11.4. The molecule has 1 aromatic carbocycles. The minimum Gasteiger partial charge on any atom is -0.508 e. The molecule has 3 N–H and O–H groups in total. The van der Waals surface area contributed by atoms with Gasteiger partial charge in [-0.25, -0.2) is 0 Å². The Morgan fingerprint density at radius 2 is 2.00 bits per heavy atom. The van der Waals surface area contributed by atoms with Crippen molar-refractivity contribution < 1.29 is 9.90 Å². The van der Waals surface area contributed by atoms with Gasteiger partial charge in [-0.2, -0.15) is 0 Å². The van der Waals surface area contributed by atoms with E-state index < -0.39 is 0 Å². The zero-order valence-electron chi connectivity index (χ0n) is 8.36. The third-order valence-corrected chi connectivity index (χ3v) is 2.51. The van der Waals surface area contributed by atoms with Gasteiger partial charge in [0.1, 0.15) is 5.75 Å². The van der Waals surface area contributed by atoms with Crippen molar-refractivity contribution in [3.63, 3.8) is 0 Å². The zero-order chi connectivity index (χ0) is 10.7. The van der Waals surface area contributed by atoms with Crippen molar-refractivity contribution in [3.8, 4) is 5.75 Å². The fourth-order valence-corrected chi connectivity index (χ4v) is 1.68.